The van der Waals surface area contributed by atoms with Crippen LogP contribution in [0.4, 0.5) is 4.79 Å². The quantitative estimate of drug-likeness (QED) is 0.761. The summed E-state index contributed by atoms with van der Waals surface area (Å²) in [6.45, 7) is 4.86. The molecule has 0 aliphatic carbocycles. The predicted octanol–water partition coefficient (Wildman–Crippen LogP) is 1.30. The number of benzene rings is 2. The van der Waals surface area contributed by atoms with Crippen molar-refractivity contribution >= 4 is 22.7 Å². The topological polar surface area (TPSA) is 82.1 Å². The number of imide groups is 1. The van der Waals surface area contributed by atoms with Gasteiger partial charge in [0.15, 0.2) is 0 Å². The van der Waals surface area contributed by atoms with Crippen LogP contribution in [0.25, 0.3) is 10.8 Å². The molecule has 0 radical (unpaired) electrons. The molecule has 28 heavy (non-hydrogen) atoms. The fourth-order valence-corrected chi connectivity index (χ4v) is 4.06. The van der Waals surface area contributed by atoms with Crippen molar-refractivity contribution in [3.8, 4) is 0 Å². The molecule has 7 nitrogen and oxygen atoms in total. The molecule has 0 saturated carbocycles. The summed E-state index contributed by atoms with van der Waals surface area (Å²) in [7, 11) is 0. The van der Waals surface area contributed by atoms with E-state index in [1.54, 1.807) is 6.92 Å². The number of fused-ring (bicyclic) bond motifs is 1. The van der Waals surface area contributed by atoms with Gasteiger partial charge in [-0.15, -0.1) is 0 Å². The monoisotopic (exact) mass is 383 g/mol. The average molecular weight is 383 g/mol. The minimum absolute atomic E-state index is 0.0254. The first kappa shape index (κ1) is 18.9. The summed E-state index contributed by atoms with van der Waals surface area (Å²) in [5, 5.41) is 15.2. The second-order valence-corrected chi connectivity index (χ2v) is 7.56. The highest BCUT2D eigenvalue weighted by atomic mass is 16.5. The van der Waals surface area contributed by atoms with E-state index in [1.165, 1.54) is 0 Å². The zero-order valence-electron chi connectivity index (χ0n) is 15.9. The van der Waals surface area contributed by atoms with Crippen molar-refractivity contribution < 1.29 is 19.4 Å². The Balaban J connectivity index is 1.54. The maximum absolute atomic E-state index is 13.2. The van der Waals surface area contributed by atoms with Gasteiger partial charge in [-0.25, -0.2) is 4.79 Å². The summed E-state index contributed by atoms with van der Waals surface area (Å²) < 4.78 is 5.31. The zero-order chi connectivity index (χ0) is 19.7. The number of rotatable bonds is 5. The average Bonchev–Trinajstić information content (AvgIpc) is 2.92. The number of nitrogens with one attached hydrogen (secondary N) is 1. The van der Waals surface area contributed by atoms with Crippen LogP contribution >= 0.6 is 0 Å². The first-order chi connectivity index (χ1) is 13.5. The van der Waals surface area contributed by atoms with E-state index in [4.69, 9.17) is 4.74 Å². The molecule has 2 saturated heterocycles. The van der Waals surface area contributed by atoms with Crippen molar-refractivity contribution in [1.82, 2.24) is 15.1 Å². The number of urea groups is 1. The Labute approximate surface area is 163 Å². The summed E-state index contributed by atoms with van der Waals surface area (Å²) in [6, 6.07) is 13.1. The standard InChI is InChI=1S/C21H25N3O4/c1-21(18-8-4-6-15-5-2-3-7-17(15)18)19(26)24(20(27)22-21)14-16(25)13-23-9-11-28-12-10-23/h2-8,16,25H,9-14H2,1H3,(H,22,27)/t16-,21+/m0/s1. The van der Waals surface area contributed by atoms with Gasteiger partial charge in [-0.3, -0.25) is 14.6 Å². The molecule has 2 aromatic rings. The van der Waals surface area contributed by atoms with Crippen molar-refractivity contribution in [2.24, 2.45) is 0 Å². The Morgan fingerprint density at radius 3 is 2.61 bits per heavy atom. The highest BCUT2D eigenvalue weighted by molar-refractivity contribution is 6.09. The van der Waals surface area contributed by atoms with Crippen LogP contribution in [-0.4, -0.2) is 72.3 Å². The lowest BCUT2D eigenvalue weighted by molar-refractivity contribution is -0.132. The lowest BCUT2D eigenvalue weighted by Crippen LogP contribution is -2.46. The fraction of sp³-hybridized carbons (Fsp3) is 0.429. The number of hydrogen-bond acceptors (Lipinski definition) is 5. The summed E-state index contributed by atoms with van der Waals surface area (Å²) in [6.07, 6.45) is -0.803. The Kier molecular flexibility index (Phi) is 5.05. The molecule has 7 heteroatoms. The molecule has 0 spiro atoms. The van der Waals surface area contributed by atoms with Crippen LogP contribution < -0.4 is 5.32 Å². The molecular weight excluding hydrogens is 358 g/mol. The highest BCUT2D eigenvalue weighted by Crippen LogP contribution is 2.33. The third-order valence-electron chi connectivity index (χ3n) is 5.57. The largest absolute Gasteiger partial charge is 0.390 e. The molecular formula is C21H25N3O4. The molecule has 3 amide bonds. The van der Waals surface area contributed by atoms with Crippen LogP contribution in [0.5, 0.6) is 0 Å². The van der Waals surface area contributed by atoms with Gasteiger partial charge in [0.1, 0.15) is 5.54 Å². The first-order valence-corrected chi connectivity index (χ1v) is 9.59. The SMILES string of the molecule is C[C@]1(c2cccc3ccccc23)NC(=O)N(C[C@@H](O)CN2CCOCC2)C1=O. The molecule has 148 valence electrons. The second-order valence-electron chi connectivity index (χ2n) is 7.56. The Morgan fingerprint density at radius 2 is 1.82 bits per heavy atom. The molecule has 0 bridgehead atoms. The highest BCUT2D eigenvalue weighted by Gasteiger charge is 2.50. The van der Waals surface area contributed by atoms with Crippen molar-refractivity contribution in [2.45, 2.75) is 18.6 Å². The Hall–Kier alpha value is -2.48. The molecule has 2 heterocycles. The van der Waals surface area contributed by atoms with E-state index in [0.717, 1.165) is 34.3 Å². The summed E-state index contributed by atoms with van der Waals surface area (Å²) >= 11 is 0. The number of aliphatic hydroxyl groups is 1. The maximum Gasteiger partial charge on any atom is 0.325 e. The van der Waals surface area contributed by atoms with Gasteiger partial charge >= 0.3 is 6.03 Å². The van der Waals surface area contributed by atoms with E-state index in [9.17, 15) is 14.7 Å². The van der Waals surface area contributed by atoms with Crippen LogP contribution in [0.1, 0.15) is 12.5 Å². The second kappa shape index (κ2) is 7.50. The van der Waals surface area contributed by atoms with E-state index in [1.807, 2.05) is 42.5 Å². The van der Waals surface area contributed by atoms with E-state index >= 15 is 0 Å². The van der Waals surface area contributed by atoms with Crippen LogP contribution in [0.2, 0.25) is 0 Å². The molecule has 2 aromatic carbocycles. The lowest BCUT2D eigenvalue weighted by atomic mass is 9.88. The summed E-state index contributed by atoms with van der Waals surface area (Å²) in [5.74, 6) is -0.338. The molecule has 2 aliphatic rings. The first-order valence-electron chi connectivity index (χ1n) is 9.59. The van der Waals surface area contributed by atoms with E-state index in [0.29, 0.717) is 19.8 Å². The lowest BCUT2D eigenvalue weighted by Gasteiger charge is -2.29. The van der Waals surface area contributed by atoms with Crippen molar-refractivity contribution in [3.05, 3.63) is 48.0 Å². The smallest absolute Gasteiger partial charge is 0.325 e. The number of carbonyl (C=O) groups excluding carboxylic acids is 2. The number of morpholine rings is 1. The van der Waals surface area contributed by atoms with Gasteiger partial charge in [0.25, 0.3) is 5.91 Å². The fourth-order valence-electron chi connectivity index (χ4n) is 4.06. The third kappa shape index (κ3) is 3.37. The van der Waals surface area contributed by atoms with Crippen molar-refractivity contribution in [2.75, 3.05) is 39.4 Å². The van der Waals surface area contributed by atoms with Gasteiger partial charge in [0, 0.05) is 19.6 Å². The van der Waals surface area contributed by atoms with Crippen molar-refractivity contribution in [3.63, 3.8) is 0 Å². The summed E-state index contributed by atoms with van der Waals surface area (Å²) in [4.78, 5) is 29.0. The molecule has 4 rings (SSSR count). The molecule has 0 unspecified atom stereocenters. The molecule has 2 fully saturated rings. The Morgan fingerprint density at radius 1 is 1.11 bits per heavy atom. The van der Waals surface area contributed by atoms with Gasteiger partial charge < -0.3 is 15.2 Å². The Bertz CT molecular complexity index is 891. The maximum atomic E-state index is 13.2. The minimum atomic E-state index is -1.16. The van der Waals surface area contributed by atoms with Crippen LogP contribution in [0.15, 0.2) is 42.5 Å². The van der Waals surface area contributed by atoms with Gasteiger partial charge in [-0.05, 0) is 23.3 Å². The van der Waals surface area contributed by atoms with Crippen LogP contribution in [-0.2, 0) is 15.1 Å². The molecule has 2 aliphatic heterocycles. The number of ether oxygens (including phenoxy) is 1. The van der Waals surface area contributed by atoms with E-state index < -0.39 is 17.7 Å². The van der Waals surface area contributed by atoms with Gasteiger partial charge in [0.05, 0.1) is 25.9 Å². The van der Waals surface area contributed by atoms with Crippen LogP contribution in [0.3, 0.4) is 0 Å². The van der Waals surface area contributed by atoms with E-state index in [2.05, 4.69) is 10.2 Å². The molecule has 2 atom stereocenters. The number of carbonyl (C=O) groups is 2. The van der Waals surface area contributed by atoms with Gasteiger partial charge in [-0.1, -0.05) is 42.5 Å². The number of nitrogens with zero attached hydrogens (tertiary/aromatic N) is 2. The minimum Gasteiger partial charge on any atom is -0.390 e. The van der Waals surface area contributed by atoms with Crippen molar-refractivity contribution in [1.29, 1.82) is 0 Å². The number of hydrogen-bond donors (Lipinski definition) is 2. The molecule has 0 aromatic heterocycles. The van der Waals surface area contributed by atoms with Gasteiger partial charge in [-0.2, -0.15) is 0 Å². The van der Waals surface area contributed by atoms with E-state index in [-0.39, 0.29) is 12.5 Å². The number of amides is 3. The molecule has 2 N–H and O–H groups in total. The van der Waals surface area contributed by atoms with Crippen LogP contribution in [0, 0.1) is 0 Å². The predicted molar refractivity (Wildman–Crippen MR) is 105 cm³/mol. The van der Waals surface area contributed by atoms with Gasteiger partial charge in [0.2, 0.25) is 0 Å². The zero-order valence-corrected chi connectivity index (χ0v) is 15.9. The number of β-amino-alcohol motifs (C(OH)–C–C–N with tert-alkyl or cyclic N) is 1. The third-order valence-corrected chi connectivity index (χ3v) is 5.57. The normalized spacial score (nSPS) is 24.6. The summed E-state index contributed by atoms with van der Waals surface area (Å²) in [5.41, 5.74) is -0.398. The number of aliphatic hydroxyl groups excluding tert-OH is 1.